The lowest BCUT2D eigenvalue weighted by Gasteiger charge is -2.24. The number of benzene rings is 1. The number of nitrogens with one attached hydrogen (secondary N) is 1. The van der Waals surface area contributed by atoms with Gasteiger partial charge in [0, 0.05) is 31.2 Å². The highest BCUT2D eigenvalue weighted by molar-refractivity contribution is 7.89. The van der Waals surface area contributed by atoms with E-state index in [2.05, 4.69) is 5.32 Å². The molecule has 0 radical (unpaired) electrons. The standard InChI is InChI=1S/C15H19N3O6S/c19-18(20)12-7-13-14(24-6-5-23-13)8-15(12)25(21,22)17-4-3-10-1-2-11(9-17)16-10/h7-8,10-11,16H,1-6,9H2. The van der Waals surface area contributed by atoms with Crippen molar-refractivity contribution in [2.24, 2.45) is 0 Å². The zero-order chi connectivity index (χ0) is 17.6. The van der Waals surface area contributed by atoms with Crippen LogP contribution in [-0.2, 0) is 10.0 Å². The van der Waals surface area contributed by atoms with Crippen molar-refractivity contribution in [1.29, 1.82) is 0 Å². The van der Waals surface area contributed by atoms with Gasteiger partial charge in [0.2, 0.25) is 10.0 Å². The SMILES string of the molecule is O=[N+]([O-])c1cc2c(cc1S(=O)(=O)N1CCC3CCC(C1)N3)OCCO2. The van der Waals surface area contributed by atoms with Crippen LogP contribution in [0.2, 0.25) is 0 Å². The Morgan fingerprint density at radius 3 is 2.52 bits per heavy atom. The maximum absolute atomic E-state index is 13.1. The minimum Gasteiger partial charge on any atom is -0.486 e. The molecule has 0 aromatic heterocycles. The van der Waals surface area contributed by atoms with Gasteiger partial charge < -0.3 is 14.8 Å². The van der Waals surface area contributed by atoms with Gasteiger partial charge in [-0.3, -0.25) is 10.1 Å². The molecule has 0 aliphatic carbocycles. The molecule has 10 heteroatoms. The van der Waals surface area contributed by atoms with Crippen LogP contribution in [0.25, 0.3) is 0 Å². The lowest BCUT2D eigenvalue weighted by molar-refractivity contribution is -0.388. The molecule has 25 heavy (non-hydrogen) atoms. The maximum atomic E-state index is 13.1. The van der Waals surface area contributed by atoms with Crippen molar-refractivity contribution in [3.8, 4) is 11.5 Å². The van der Waals surface area contributed by atoms with Gasteiger partial charge in [-0.2, -0.15) is 4.31 Å². The van der Waals surface area contributed by atoms with Crippen molar-refractivity contribution in [2.75, 3.05) is 26.3 Å². The number of nitrogens with zero attached hydrogens (tertiary/aromatic N) is 2. The molecule has 1 N–H and O–H groups in total. The highest BCUT2D eigenvalue weighted by Crippen LogP contribution is 2.40. The van der Waals surface area contributed by atoms with Gasteiger partial charge in [-0.25, -0.2) is 8.42 Å². The molecule has 0 spiro atoms. The van der Waals surface area contributed by atoms with E-state index in [4.69, 9.17) is 9.47 Å². The fraction of sp³-hybridized carbons (Fsp3) is 0.600. The monoisotopic (exact) mass is 369 g/mol. The van der Waals surface area contributed by atoms with Crippen LogP contribution in [0.5, 0.6) is 11.5 Å². The summed E-state index contributed by atoms with van der Waals surface area (Å²) in [6, 6.07) is 2.78. The van der Waals surface area contributed by atoms with Crippen LogP contribution in [0, 0.1) is 10.1 Å². The number of nitro groups is 1. The Morgan fingerprint density at radius 1 is 1.12 bits per heavy atom. The molecule has 2 atom stereocenters. The Bertz CT molecular complexity index is 812. The third kappa shape index (κ3) is 2.94. The van der Waals surface area contributed by atoms with E-state index in [1.165, 1.54) is 10.4 Å². The summed E-state index contributed by atoms with van der Waals surface area (Å²) in [6.07, 6.45) is 2.66. The van der Waals surface area contributed by atoms with E-state index >= 15 is 0 Å². The normalized spacial score (nSPS) is 26.2. The van der Waals surface area contributed by atoms with Gasteiger partial charge in [-0.1, -0.05) is 0 Å². The lowest BCUT2D eigenvalue weighted by atomic mass is 10.1. The van der Waals surface area contributed by atoms with E-state index in [1.807, 2.05) is 0 Å². The zero-order valence-electron chi connectivity index (χ0n) is 13.5. The van der Waals surface area contributed by atoms with Gasteiger partial charge in [-0.15, -0.1) is 0 Å². The minimum atomic E-state index is -4.00. The largest absolute Gasteiger partial charge is 0.486 e. The fourth-order valence-corrected chi connectivity index (χ4v) is 5.33. The number of hydrogen-bond donors (Lipinski definition) is 1. The second-order valence-electron chi connectivity index (χ2n) is 6.51. The first kappa shape index (κ1) is 16.6. The molecule has 9 nitrogen and oxygen atoms in total. The third-order valence-corrected chi connectivity index (χ3v) is 6.82. The lowest BCUT2D eigenvalue weighted by Crippen LogP contribution is -2.39. The van der Waals surface area contributed by atoms with E-state index in [-0.39, 0.29) is 35.7 Å². The number of hydrogen-bond acceptors (Lipinski definition) is 7. The van der Waals surface area contributed by atoms with Gasteiger partial charge in [0.05, 0.1) is 11.0 Å². The molecule has 2 saturated heterocycles. The predicted molar refractivity (Wildman–Crippen MR) is 87.4 cm³/mol. The van der Waals surface area contributed by atoms with Gasteiger partial charge in [-0.05, 0) is 19.3 Å². The minimum absolute atomic E-state index is 0.0959. The predicted octanol–water partition coefficient (Wildman–Crippen LogP) is 0.881. The van der Waals surface area contributed by atoms with Crippen molar-refractivity contribution in [2.45, 2.75) is 36.2 Å². The van der Waals surface area contributed by atoms with Crippen molar-refractivity contribution < 1.29 is 22.8 Å². The fourth-order valence-electron chi connectivity index (χ4n) is 3.68. The molecule has 136 valence electrons. The molecule has 0 saturated carbocycles. The third-order valence-electron chi connectivity index (χ3n) is 4.92. The number of sulfonamides is 1. The van der Waals surface area contributed by atoms with Crippen LogP contribution in [0.15, 0.2) is 17.0 Å². The average Bonchev–Trinajstić information content (AvgIpc) is 2.91. The first-order valence-electron chi connectivity index (χ1n) is 8.29. The zero-order valence-corrected chi connectivity index (χ0v) is 14.3. The molecule has 4 rings (SSSR count). The van der Waals surface area contributed by atoms with E-state index in [9.17, 15) is 18.5 Å². The first-order chi connectivity index (χ1) is 11.9. The molecule has 2 bridgehead atoms. The summed E-state index contributed by atoms with van der Waals surface area (Å²) in [6.45, 7) is 1.23. The Balaban J connectivity index is 1.75. The quantitative estimate of drug-likeness (QED) is 0.622. The molecule has 0 amide bonds. The average molecular weight is 369 g/mol. The van der Waals surface area contributed by atoms with Crippen LogP contribution in [0.3, 0.4) is 0 Å². The van der Waals surface area contributed by atoms with Crippen molar-refractivity contribution in [1.82, 2.24) is 9.62 Å². The molecule has 3 heterocycles. The number of ether oxygens (including phenoxy) is 2. The van der Waals surface area contributed by atoms with Gasteiger partial charge >= 0.3 is 0 Å². The summed E-state index contributed by atoms with van der Waals surface area (Å²) in [5.41, 5.74) is -0.480. The van der Waals surface area contributed by atoms with Crippen LogP contribution < -0.4 is 14.8 Å². The molecule has 2 unspecified atom stereocenters. The van der Waals surface area contributed by atoms with E-state index < -0.39 is 20.6 Å². The summed E-state index contributed by atoms with van der Waals surface area (Å²) < 4.78 is 38.4. The number of nitro benzene ring substituents is 1. The summed E-state index contributed by atoms with van der Waals surface area (Å²) in [5, 5.41) is 14.9. The number of rotatable bonds is 3. The topological polar surface area (TPSA) is 111 Å². The second-order valence-corrected chi connectivity index (χ2v) is 8.42. The van der Waals surface area contributed by atoms with Gasteiger partial charge in [0.15, 0.2) is 16.4 Å². The Kier molecular flexibility index (Phi) is 4.05. The van der Waals surface area contributed by atoms with Crippen molar-refractivity contribution in [3.63, 3.8) is 0 Å². The smallest absolute Gasteiger partial charge is 0.293 e. The number of fused-ring (bicyclic) bond motifs is 3. The Labute approximate surface area is 145 Å². The van der Waals surface area contributed by atoms with Crippen LogP contribution in [0.1, 0.15) is 19.3 Å². The molecule has 3 aliphatic heterocycles. The van der Waals surface area contributed by atoms with Crippen LogP contribution >= 0.6 is 0 Å². The van der Waals surface area contributed by atoms with E-state index in [1.54, 1.807) is 0 Å². The van der Waals surface area contributed by atoms with Crippen molar-refractivity contribution >= 4 is 15.7 Å². The molecule has 1 aromatic rings. The Morgan fingerprint density at radius 2 is 1.80 bits per heavy atom. The van der Waals surface area contributed by atoms with E-state index in [0.717, 1.165) is 18.9 Å². The molecular weight excluding hydrogens is 350 g/mol. The van der Waals surface area contributed by atoms with Crippen molar-refractivity contribution in [3.05, 3.63) is 22.2 Å². The van der Waals surface area contributed by atoms with Crippen LogP contribution in [-0.4, -0.2) is 56.0 Å². The highest BCUT2D eigenvalue weighted by atomic mass is 32.2. The Hall–Kier alpha value is -1.91. The summed E-state index contributed by atoms with van der Waals surface area (Å²) in [5.74, 6) is 0.429. The summed E-state index contributed by atoms with van der Waals surface area (Å²) in [7, 11) is -4.00. The molecule has 2 fully saturated rings. The van der Waals surface area contributed by atoms with Crippen LogP contribution in [0.4, 0.5) is 5.69 Å². The summed E-state index contributed by atoms with van der Waals surface area (Å²) in [4.78, 5) is 10.4. The maximum Gasteiger partial charge on any atom is 0.293 e. The molecule has 1 aromatic carbocycles. The first-order valence-corrected chi connectivity index (χ1v) is 9.73. The molecular formula is C15H19N3O6S. The van der Waals surface area contributed by atoms with Gasteiger partial charge in [0.1, 0.15) is 13.2 Å². The highest BCUT2D eigenvalue weighted by Gasteiger charge is 2.39. The molecule has 3 aliphatic rings. The second kappa shape index (κ2) is 6.11. The summed E-state index contributed by atoms with van der Waals surface area (Å²) >= 11 is 0. The van der Waals surface area contributed by atoms with E-state index in [0.29, 0.717) is 25.6 Å². The van der Waals surface area contributed by atoms with Gasteiger partial charge in [0.25, 0.3) is 5.69 Å².